The van der Waals surface area contributed by atoms with Crippen molar-refractivity contribution >= 4 is 17.1 Å². The number of hydrogen-bond donors (Lipinski definition) is 2. The molecule has 0 aromatic heterocycles. The predicted molar refractivity (Wildman–Crippen MR) is 85.8 cm³/mol. The van der Waals surface area contributed by atoms with Crippen molar-refractivity contribution < 1.29 is 4.74 Å². The average molecular weight is 281 g/mol. The van der Waals surface area contributed by atoms with Crippen LogP contribution in [0.2, 0.25) is 0 Å². The Kier molecular flexibility index (Phi) is 4.34. The number of hydrogen-bond acceptors (Lipinski definition) is 4. The van der Waals surface area contributed by atoms with Crippen LogP contribution >= 0.6 is 0 Å². The molecule has 21 heavy (non-hydrogen) atoms. The fourth-order valence-electron chi connectivity index (χ4n) is 1.95. The molecule has 0 radical (unpaired) electrons. The van der Waals surface area contributed by atoms with E-state index in [1.807, 2.05) is 51.1 Å². The Balaban J connectivity index is 2.30. The van der Waals surface area contributed by atoms with Crippen LogP contribution in [0.15, 0.2) is 36.4 Å². The molecule has 0 unspecified atom stereocenters. The third-order valence-corrected chi connectivity index (χ3v) is 3.02. The largest absolute Gasteiger partial charge is 0.489 e. The smallest absolute Gasteiger partial charge is 0.144 e. The Morgan fingerprint density at radius 3 is 2.62 bits per heavy atom. The minimum absolute atomic E-state index is 0.0613. The van der Waals surface area contributed by atoms with Crippen molar-refractivity contribution in [3.63, 3.8) is 0 Å². The lowest BCUT2D eigenvalue weighted by Gasteiger charge is -2.15. The molecule has 3 N–H and O–H groups in total. The summed E-state index contributed by atoms with van der Waals surface area (Å²) < 4.78 is 5.68. The van der Waals surface area contributed by atoms with Gasteiger partial charge in [-0.05, 0) is 50.6 Å². The highest BCUT2D eigenvalue weighted by molar-refractivity contribution is 5.69. The minimum atomic E-state index is 0.0613. The molecule has 0 amide bonds. The maximum atomic E-state index is 8.98. The Hall–Kier alpha value is -2.67. The summed E-state index contributed by atoms with van der Waals surface area (Å²) in [6.07, 6.45) is 0.0613. The first-order chi connectivity index (χ1) is 9.99. The third kappa shape index (κ3) is 3.67. The van der Waals surface area contributed by atoms with Gasteiger partial charge in [0.15, 0.2) is 0 Å². The fourth-order valence-corrected chi connectivity index (χ4v) is 1.95. The highest BCUT2D eigenvalue weighted by Gasteiger charge is 2.06. The van der Waals surface area contributed by atoms with Gasteiger partial charge in [0.1, 0.15) is 5.75 Å². The van der Waals surface area contributed by atoms with E-state index in [1.54, 1.807) is 6.07 Å². The second-order valence-corrected chi connectivity index (χ2v) is 5.19. The zero-order valence-electron chi connectivity index (χ0n) is 12.5. The lowest BCUT2D eigenvalue weighted by molar-refractivity contribution is 0.244. The summed E-state index contributed by atoms with van der Waals surface area (Å²) in [5.74, 6) is 0.657. The van der Waals surface area contributed by atoms with Crippen LogP contribution in [0.4, 0.5) is 17.1 Å². The molecule has 0 saturated carbocycles. The van der Waals surface area contributed by atoms with Crippen LogP contribution in [0.5, 0.6) is 5.75 Å². The first-order valence-electron chi connectivity index (χ1n) is 6.83. The molecule has 108 valence electrons. The molecule has 0 heterocycles. The number of aryl methyl sites for hydroxylation is 1. The van der Waals surface area contributed by atoms with E-state index in [1.165, 1.54) is 0 Å². The maximum absolute atomic E-state index is 8.98. The number of nitrogens with zero attached hydrogens (tertiary/aromatic N) is 1. The van der Waals surface area contributed by atoms with Gasteiger partial charge in [-0.2, -0.15) is 5.26 Å². The van der Waals surface area contributed by atoms with Gasteiger partial charge in [0.25, 0.3) is 0 Å². The summed E-state index contributed by atoms with van der Waals surface area (Å²) in [6, 6.07) is 13.3. The number of nitrogens with two attached hydrogens (primary N) is 1. The summed E-state index contributed by atoms with van der Waals surface area (Å²) in [6.45, 7) is 5.91. The van der Waals surface area contributed by atoms with E-state index < -0.39 is 0 Å². The maximum Gasteiger partial charge on any atom is 0.144 e. The summed E-state index contributed by atoms with van der Waals surface area (Å²) in [7, 11) is 0. The van der Waals surface area contributed by atoms with Gasteiger partial charge in [0, 0.05) is 17.4 Å². The van der Waals surface area contributed by atoms with Crippen LogP contribution < -0.4 is 15.8 Å². The van der Waals surface area contributed by atoms with Crippen molar-refractivity contribution in [2.24, 2.45) is 0 Å². The lowest BCUT2D eigenvalue weighted by Crippen LogP contribution is -2.07. The Labute approximate surface area is 125 Å². The van der Waals surface area contributed by atoms with E-state index in [4.69, 9.17) is 15.7 Å². The quantitative estimate of drug-likeness (QED) is 0.831. The van der Waals surface area contributed by atoms with E-state index >= 15 is 0 Å². The van der Waals surface area contributed by atoms with Crippen molar-refractivity contribution in [2.75, 3.05) is 11.1 Å². The molecule has 4 heteroatoms. The number of nitrogen functional groups attached to an aromatic ring is 1. The molecule has 4 nitrogen and oxygen atoms in total. The van der Waals surface area contributed by atoms with E-state index in [0.717, 1.165) is 16.9 Å². The Morgan fingerprint density at radius 2 is 1.95 bits per heavy atom. The molecule has 0 aliphatic heterocycles. The molecule has 2 rings (SSSR count). The Morgan fingerprint density at radius 1 is 1.19 bits per heavy atom. The van der Waals surface area contributed by atoms with Crippen LogP contribution in [0.25, 0.3) is 0 Å². The molecule has 0 fully saturated rings. The molecule has 0 atom stereocenters. The number of nitrogens with one attached hydrogen (secondary N) is 1. The van der Waals surface area contributed by atoms with Gasteiger partial charge in [-0.1, -0.05) is 6.07 Å². The third-order valence-electron chi connectivity index (χ3n) is 3.02. The first kappa shape index (κ1) is 14.7. The second-order valence-electron chi connectivity index (χ2n) is 5.19. The molecule has 0 bridgehead atoms. The minimum Gasteiger partial charge on any atom is -0.489 e. The van der Waals surface area contributed by atoms with E-state index in [9.17, 15) is 0 Å². The number of nitriles is 1. The second kappa shape index (κ2) is 6.19. The average Bonchev–Trinajstić information content (AvgIpc) is 2.44. The summed E-state index contributed by atoms with van der Waals surface area (Å²) in [5.41, 5.74) is 9.98. The lowest BCUT2D eigenvalue weighted by atomic mass is 10.1. The number of rotatable bonds is 4. The molecule has 2 aromatic carbocycles. The normalized spacial score (nSPS) is 10.2. The number of anilines is 3. The van der Waals surface area contributed by atoms with Crippen molar-refractivity contribution in [3.05, 3.63) is 47.5 Å². The van der Waals surface area contributed by atoms with E-state index in [-0.39, 0.29) is 6.10 Å². The van der Waals surface area contributed by atoms with Gasteiger partial charge in [0.05, 0.1) is 23.4 Å². The number of benzene rings is 2. The number of ether oxygens (including phenoxy) is 1. The SMILES string of the molecule is Cc1ccc(C#N)cc1Nc1ccc(N)c(OC(C)C)c1. The monoisotopic (exact) mass is 281 g/mol. The van der Waals surface area contributed by atoms with Crippen molar-refractivity contribution in [3.8, 4) is 11.8 Å². The predicted octanol–water partition coefficient (Wildman–Crippen LogP) is 3.98. The molecule has 0 saturated heterocycles. The zero-order valence-corrected chi connectivity index (χ0v) is 12.5. The van der Waals surface area contributed by atoms with Gasteiger partial charge in [-0.3, -0.25) is 0 Å². The molecule has 2 aromatic rings. The van der Waals surface area contributed by atoms with Crippen LogP contribution in [0.3, 0.4) is 0 Å². The van der Waals surface area contributed by atoms with Crippen LogP contribution in [-0.2, 0) is 0 Å². The van der Waals surface area contributed by atoms with Crippen molar-refractivity contribution in [1.29, 1.82) is 5.26 Å². The van der Waals surface area contributed by atoms with Crippen LogP contribution in [0.1, 0.15) is 25.0 Å². The summed E-state index contributed by atoms with van der Waals surface area (Å²) in [5, 5.41) is 12.3. The van der Waals surface area contributed by atoms with Crippen LogP contribution in [-0.4, -0.2) is 6.10 Å². The van der Waals surface area contributed by atoms with E-state index in [2.05, 4.69) is 11.4 Å². The van der Waals surface area contributed by atoms with Gasteiger partial charge in [0.2, 0.25) is 0 Å². The Bertz CT molecular complexity index is 687. The summed E-state index contributed by atoms with van der Waals surface area (Å²) >= 11 is 0. The van der Waals surface area contributed by atoms with E-state index in [0.29, 0.717) is 17.0 Å². The van der Waals surface area contributed by atoms with Gasteiger partial charge < -0.3 is 15.8 Å². The molecular formula is C17H19N3O. The molecular weight excluding hydrogens is 262 g/mol. The highest BCUT2D eigenvalue weighted by atomic mass is 16.5. The van der Waals surface area contributed by atoms with Gasteiger partial charge >= 0.3 is 0 Å². The summed E-state index contributed by atoms with van der Waals surface area (Å²) in [4.78, 5) is 0. The molecule has 0 spiro atoms. The fraction of sp³-hybridized carbons (Fsp3) is 0.235. The van der Waals surface area contributed by atoms with Gasteiger partial charge in [-0.25, -0.2) is 0 Å². The first-order valence-corrected chi connectivity index (χ1v) is 6.83. The van der Waals surface area contributed by atoms with Gasteiger partial charge in [-0.15, -0.1) is 0 Å². The van der Waals surface area contributed by atoms with Crippen molar-refractivity contribution in [1.82, 2.24) is 0 Å². The molecule has 0 aliphatic rings. The van der Waals surface area contributed by atoms with Crippen molar-refractivity contribution in [2.45, 2.75) is 26.9 Å². The molecule has 0 aliphatic carbocycles. The zero-order chi connectivity index (χ0) is 15.4. The topological polar surface area (TPSA) is 71.1 Å². The highest BCUT2D eigenvalue weighted by Crippen LogP contribution is 2.29. The standard InChI is InChI=1S/C17H19N3O/c1-11(2)21-17-9-14(6-7-15(17)19)20-16-8-13(10-18)5-4-12(16)3/h4-9,11,20H,19H2,1-3H3. The van der Waals surface area contributed by atoms with Crippen LogP contribution in [0, 0.1) is 18.3 Å².